The molecule has 0 saturated carbocycles. The molecule has 0 aromatic carbocycles. The molecule has 3 heterocycles. The molecule has 0 bridgehead atoms. The third-order valence-corrected chi connectivity index (χ3v) is 2.75. The van der Waals surface area contributed by atoms with Crippen LogP contribution in [0.5, 0.6) is 0 Å². The molecule has 3 rings (SSSR count). The zero-order valence-corrected chi connectivity index (χ0v) is 10.0. The number of aromatic amines is 1. The number of aryl methyl sites for hydroxylation is 3. The van der Waals surface area contributed by atoms with E-state index in [1.165, 1.54) is 0 Å². The molecule has 1 N–H and O–H groups in total. The molecular formula is C12H13N5. The summed E-state index contributed by atoms with van der Waals surface area (Å²) < 4.78 is 1.79. The number of nitrogens with zero attached hydrogens (tertiary/aromatic N) is 4. The van der Waals surface area contributed by atoms with Gasteiger partial charge >= 0.3 is 0 Å². The van der Waals surface area contributed by atoms with Gasteiger partial charge < -0.3 is 4.98 Å². The molecule has 0 atom stereocenters. The van der Waals surface area contributed by atoms with Crippen LogP contribution < -0.4 is 0 Å². The third-order valence-electron chi connectivity index (χ3n) is 2.75. The summed E-state index contributed by atoms with van der Waals surface area (Å²) in [5.74, 6) is 0.823. The molecule has 0 spiro atoms. The van der Waals surface area contributed by atoms with Crippen molar-refractivity contribution in [3.05, 3.63) is 29.7 Å². The van der Waals surface area contributed by atoms with Crippen molar-refractivity contribution in [1.82, 2.24) is 24.7 Å². The zero-order valence-electron chi connectivity index (χ0n) is 10.0. The fourth-order valence-electron chi connectivity index (χ4n) is 1.95. The molecule has 0 radical (unpaired) electrons. The Kier molecular flexibility index (Phi) is 2.01. The van der Waals surface area contributed by atoms with E-state index in [2.05, 4.69) is 20.1 Å². The van der Waals surface area contributed by atoms with Gasteiger partial charge in [-0.3, -0.25) is 4.68 Å². The van der Waals surface area contributed by atoms with E-state index in [0.29, 0.717) is 0 Å². The molecule has 3 aromatic rings. The second-order valence-electron chi connectivity index (χ2n) is 4.21. The Balaban J connectivity index is 2.21. The Morgan fingerprint density at radius 1 is 1.18 bits per heavy atom. The molecule has 86 valence electrons. The quantitative estimate of drug-likeness (QED) is 0.691. The highest BCUT2D eigenvalue weighted by molar-refractivity contribution is 5.76. The van der Waals surface area contributed by atoms with Crippen LogP contribution in [-0.4, -0.2) is 24.7 Å². The van der Waals surface area contributed by atoms with Gasteiger partial charge in [0.25, 0.3) is 0 Å². The van der Waals surface area contributed by atoms with Crippen LogP contribution in [0, 0.1) is 13.8 Å². The molecule has 3 aromatic heterocycles. The van der Waals surface area contributed by atoms with Gasteiger partial charge in [-0.25, -0.2) is 9.97 Å². The minimum atomic E-state index is 0.753. The van der Waals surface area contributed by atoms with E-state index in [-0.39, 0.29) is 0 Å². The summed E-state index contributed by atoms with van der Waals surface area (Å²) in [5, 5.41) is 4.31. The SMILES string of the molecule is Cc1ccc2[nH]c(-c3cn(C)nc3C)nc2n1. The van der Waals surface area contributed by atoms with E-state index in [4.69, 9.17) is 0 Å². The van der Waals surface area contributed by atoms with Gasteiger partial charge in [-0.05, 0) is 26.0 Å². The first-order valence-electron chi connectivity index (χ1n) is 5.47. The monoisotopic (exact) mass is 227 g/mol. The second-order valence-corrected chi connectivity index (χ2v) is 4.21. The Labute approximate surface area is 98.5 Å². The lowest BCUT2D eigenvalue weighted by atomic mass is 10.2. The largest absolute Gasteiger partial charge is 0.336 e. The predicted molar refractivity (Wildman–Crippen MR) is 65.6 cm³/mol. The summed E-state index contributed by atoms with van der Waals surface area (Å²) in [6.07, 6.45) is 1.96. The van der Waals surface area contributed by atoms with Gasteiger partial charge in [0.1, 0.15) is 5.82 Å². The molecule has 5 heteroatoms. The van der Waals surface area contributed by atoms with E-state index in [9.17, 15) is 0 Å². The normalized spacial score (nSPS) is 11.2. The first kappa shape index (κ1) is 10.0. The van der Waals surface area contributed by atoms with Crippen molar-refractivity contribution in [2.45, 2.75) is 13.8 Å². The van der Waals surface area contributed by atoms with Crippen LogP contribution in [0.1, 0.15) is 11.4 Å². The average Bonchev–Trinajstić information content (AvgIpc) is 2.80. The minimum Gasteiger partial charge on any atom is -0.336 e. The molecule has 0 fully saturated rings. The number of fused-ring (bicyclic) bond motifs is 1. The van der Waals surface area contributed by atoms with Crippen molar-refractivity contribution < 1.29 is 0 Å². The highest BCUT2D eigenvalue weighted by atomic mass is 15.3. The average molecular weight is 227 g/mol. The van der Waals surface area contributed by atoms with Crippen LogP contribution in [0.3, 0.4) is 0 Å². The number of hydrogen-bond acceptors (Lipinski definition) is 3. The van der Waals surface area contributed by atoms with Gasteiger partial charge in [-0.15, -0.1) is 0 Å². The molecular weight excluding hydrogens is 214 g/mol. The van der Waals surface area contributed by atoms with Crippen molar-refractivity contribution in [3.8, 4) is 11.4 Å². The lowest BCUT2D eigenvalue weighted by Crippen LogP contribution is -1.86. The summed E-state index contributed by atoms with van der Waals surface area (Å²) in [6, 6.07) is 3.97. The molecule has 0 aliphatic carbocycles. The first-order valence-corrected chi connectivity index (χ1v) is 5.47. The maximum atomic E-state index is 4.50. The Morgan fingerprint density at radius 3 is 2.71 bits per heavy atom. The number of aromatic nitrogens is 5. The number of imidazole rings is 1. The maximum absolute atomic E-state index is 4.50. The van der Waals surface area contributed by atoms with Crippen LogP contribution in [0.2, 0.25) is 0 Å². The Bertz CT molecular complexity index is 692. The van der Waals surface area contributed by atoms with Crippen LogP contribution >= 0.6 is 0 Å². The Hall–Kier alpha value is -2.17. The van der Waals surface area contributed by atoms with Crippen LogP contribution in [0.4, 0.5) is 0 Å². The number of pyridine rings is 1. The van der Waals surface area contributed by atoms with E-state index < -0.39 is 0 Å². The molecule has 0 aliphatic heterocycles. The van der Waals surface area contributed by atoms with Crippen LogP contribution in [0.25, 0.3) is 22.6 Å². The van der Waals surface area contributed by atoms with Crippen LogP contribution in [-0.2, 0) is 7.05 Å². The first-order chi connectivity index (χ1) is 8.13. The van der Waals surface area contributed by atoms with E-state index >= 15 is 0 Å². The highest BCUT2D eigenvalue weighted by Gasteiger charge is 2.11. The molecule has 0 unspecified atom stereocenters. The van der Waals surface area contributed by atoms with Crippen molar-refractivity contribution in [3.63, 3.8) is 0 Å². The Morgan fingerprint density at radius 2 is 2.00 bits per heavy atom. The van der Waals surface area contributed by atoms with Crippen molar-refractivity contribution in [2.75, 3.05) is 0 Å². The van der Waals surface area contributed by atoms with Gasteiger partial charge in [-0.2, -0.15) is 5.10 Å². The zero-order chi connectivity index (χ0) is 12.0. The number of nitrogens with one attached hydrogen (secondary N) is 1. The topological polar surface area (TPSA) is 59.4 Å². The van der Waals surface area contributed by atoms with Crippen LogP contribution in [0.15, 0.2) is 18.3 Å². The number of hydrogen-bond donors (Lipinski definition) is 1. The number of H-pyrrole nitrogens is 1. The predicted octanol–water partition coefficient (Wildman–Crippen LogP) is 1.98. The van der Waals surface area contributed by atoms with E-state index in [1.54, 1.807) is 4.68 Å². The smallest absolute Gasteiger partial charge is 0.178 e. The summed E-state index contributed by atoms with van der Waals surface area (Å²) in [7, 11) is 1.90. The van der Waals surface area contributed by atoms with Crippen molar-refractivity contribution >= 4 is 11.2 Å². The maximum Gasteiger partial charge on any atom is 0.178 e. The molecule has 5 nitrogen and oxygen atoms in total. The van der Waals surface area contributed by atoms with Gasteiger partial charge in [0, 0.05) is 18.9 Å². The van der Waals surface area contributed by atoms with Gasteiger partial charge in [-0.1, -0.05) is 0 Å². The lowest BCUT2D eigenvalue weighted by Gasteiger charge is -1.89. The fourth-order valence-corrected chi connectivity index (χ4v) is 1.95. The standard InChI is InChI=1S/C12H13N5/c1-7-4-5-10-12(13-7)15-11(14-10)9-6-17(3)16-8(9)2/h4-6H,1-3H3,(H,13,14,15). The number of rotatable bonds is 1. The third kappa shape index (κ3) is 1.60. The minimum absolute atomic E-state index is 0.753. The summed E-state index contributed by atoms with van der Waals surface area (Å²) in [4.78, 5) is 12.2. The van der Waals surface area contributed by atoms with Gasteiger partial charge in [0.2, 0.25) is 0 Å². The molecule has 0 saturated heterocycles. The highest BCUT2D eigenvalue weighted by Crippen LogP contribution is 2.21. The summed E-state index contributed by atoms with van der Waals surface area (Å²) in [6.45, 7) is 3.93. The molecule has 0 amide bonds. The van der Waals surface area contributed by atoms with Crippen molar-refractivity contribution in [1.29, 1.82) is 0 Å². The molecule has 17 heavy (non-hydrogen) atoms. The van der Waals surface area contributed by atoms with Gasteiger partial charge in [0.05, 0.1) is 16.8 Å². The van der Waals surface area contributed by atoms with Gasteiger partial charge in [0.15, 0.2) is 5.65 Å². The van der Waals surface area contributed by atoms with E-state index in [1.807, 2.05) is 39.2 Å². The summed E-state index contributed by atoms with van der Waals surface area (Å²) in [5.41, 5.74) is 4.65. The van der Waals surface area contributed by atoms with Crippen molar-refractivity contribution in [2.24, 2.45) is 7.05 Å². The lowest BCUT2D eigenvalue weighted by molar-refractivity contribution is 0.756. The second kappa shape index (κ2) is 3.41. The molecule has 0 aliphatic rings. The fraction of sp³-hybridized carbons (Fsp3) is 0.250. The summed E-state index contributed by atoms with van der Waals surface area (Å²) >= 11 is 0. The van der Waals surface area contributed by atoms with E-state index in [0.717, 1.165) is 33.9 Å².